The lowest BCUT2D eigenvalue weighted by Gasteiger charge is -2.21. The van der Waals surface area contributed by atoms with Crippen molar-refractivity contribution in [1.82, 2.24) is 14.5 Å². The lowest BCUT2D eigenvalue weighted by molar-refractivity contribution is -0.0859. The van der Waals surface area contributed by atoms with Crippen molar-refractivity contribution in [3.8, 4) is 0 Å². The molecule has 5 unspecified atom stereocenters. The molecule has 4 heterocycles. The molecule has 4 N–H and O–H groups in total. The molecule has 5 atom stereocenters. The molecule has 3 aromatic rings. The predicted octanol–water partition coefficient (Wildman–Crippen LogP) is 0.386. The van der Waals surface area contributed by atoms with Crippen LogP contribution < -0.4 is 5.56 Å². The number of aryl methyl sites for hydroxylation is 1. The van der Waals surface area contributed by atoms with Crippen molar-refractivity contribution < 1.29 is 20.1 Å². The van der Waals surface area contributed by atoms with E-state index in [2.05, 4.69) is 9.97 Å². The minimum atomic E-state index is -1.32. The van der Waals surface area contributed by atoms with Crippen molar-refractivity contribution in [1.29, 1.82) is 0 Å². The number of H-pyrrole nitrogens is 1. The molecule has 0 saturated carbocycles. The number of hydrogen-bond donors (Lipinski definition) is 4. The van der Waals surface area contributed by atoms with Gasteiger partial charge in [-0.25, -0.2) is 0 Å². The second-order valence-electron chi connectivity index (χ2n) is 6.44. The van der Waals surface area contributed by atoms with E-state index < -0.39 is 30.6 Å². The van der Waals surface area contributed by atoms with Gasteiger partial charge >= 0.3 is 0 Å². The molecule has 0 bridgehead atoms. The van der Waals surface area contributed by atoms with E-state index in [4.69, 9.17) is 4.74 Å². The van der Waals surface area contributed by atoms with Gasteiger partial charge in [0, 0.05) is 35.2 Å². The molecule has 1 saturated heterocycles. The molecule has 0 aliphatic carbocycles. The molecule has 8 heteroatoms. The van der Waals surface area contributed by atoms with Gasteiger partial charge in [-0.2, -0.15) is 0 Å². The van der Waals surface area contributed by atoms with Crippen LogP contribution in [0, 0.1) is 6.92 Å². The molecule has 1 fully saturated rings. The highest BCUT2D eigenvalue weighted by Crippen LogP contribution is 2.37. The molecule has 8 nitrogen and oxygen atoms in total. The summed E-state index contributed by atoms with van der Waals surface area (Å²) in [6, 6.07) is 8.01. The number of rotatable bonds is 3. The van der Waals surface area contributed by atoms with E-state index >= 15 is 0 Å². The zero-order valence-corrected chi connectivity index (χ0v) is 14.0. The first kappa shape index (κ1) is 16.9. The first-order valence-electron chi connectivity index (χ1n) is 8.28. The average Bonchev–Trinajstić information content (AvgIpc) is 3.18. The Morgan fingerprint density at radius 1 is 1.23 bits per heavy atom. The van der Waals surface area contributed by atoms with Gasteiger partial charge in [0.15, 0.2) is 6.23 Å². The van der Waals surface area contributed by atoms with E-state index in [0.29, 0.717) is 0 Å². The third-order valence-electron chi connectivity index (χ3n) is 4.82. The largest absolute Gasteiger partial charge is 0.387 e. The molecular weight excluding hydrogens is 338 g/mol. The Kier molecular flexibility index (Phi) is 4.12. The fourth-order valence-electron chi connectivity index (χ4n) is 3.44. The third-order valence-corrected chi connectivity index (χ3v) is 4.82. The summed E-state index contributed by atoms with van der Waals surface area (Å²) in [5.41, 5.74) is 1.49. The Morgan fingerprint density at radius 3 is 2.81 bits per heavy atom. The van der Waals surface area contributed by atoms with E-state index in [0.717, 1.165) is 16.6 Å². The highest BCUT2D eigenvalue weighted by Gasteiger charge is 2.47. The van der Waals surface area contributed by atoms with Gasteiger partial charge in [-0.3, -0.25) is 9.78 Å². The molecule has 0 amide bonds. The Bertz CT molecular complexity index is 998. The number of aromatic nitrogens is 3. The Labute approximate surface area is 148 Å². The number of nitrogens with one attached hydrogen (secondary N) is 1. The van der Waals surface area contributed by atoms with E-state index in [9.17, 15) is 20.1 Å². The molecular formula is C18H19N3O5. The molecule has 0 spiro atoms. The number of hydrogen-bond acceptors (Lipinski definition) is 6. The number of fused-ring (bicyclic) bond motifs is 1. The first-order chi connectivity index (χ1) is 12.5. The summed E-state index contributed by atoms with van der Waals surface area (Å²) in [4.78, 5) is 18.2. The predicted molar refractivity (Wildman–Crippen MR) is 92.4 cm³/mol. The zero-order valence-electron chi connectivity index (χ0n) is 14.0. The van der Waals surface area contributed by atoms with Gasteiger partial charge in [0.1, 0.15) is 24.4 Å². The van der Waals surface area contributed by atoms with Crippen molar-refractivity contribution in [3.05, 3.63) is 64.5 Å². The summed E-state index contributed by atoms with van der Waals surface area (Å²) in [6.07, 6.45) is -2.41. The highest BCUT2D eigenvalue weighted by atomic mass is 16.6. The minimum Gasteiger partial charge on any atom is -0.387 e. The molecule has 4 rings (SSSR count). The zero-order chi connectivity index (χ0) is 18.4. The van der Waals surface area contributed by atoms with Gasteiger partial charge in [0.05, 0.1) is 5.52 Å². The summed E-state index contributed by atoms with van der Waals surface area (Å²) in [6.45, 7) is 1.88. The summed E-state index contributed by atoms with van der Waals surface area (Å²) in [5.74, 6) is 0. The summed E-state index contributed by atoms with van der Waals surface area (Å²) >= 11 is 0. The van der Waals surface area contributed by atoms with Crippen LogP contribution in [-0.2, 0) is 4.74 Å². The normalized spacial score (nSPS) is 27.1. The van der Waals surface area contributed by atoms with Crippen LogP contribution in [0.15, 0.2) is 47.5 Å². The molecule has 3 aromatic heterocycles. The van der Waals surface area contributed by atoms with Crippen molar-refractivity contribution >= 4 is 10.9 Å². The van der Waals surface area contributed by atoms with Crippen LogP contribution in [0.3, 0.4) is 0 Å². The minimum absolute atomic E-state index is 0.215. The highest BCUT2D eigenvalue weighted by molar-refractivity contribution is 5.82. The summed E-state index contributed by atoms with van der Waals surface area (Å²) in [5, 5.41) is 32.3. The number of aliphatic hydroxyl groups excluding tert-OH is 3. The molecule has 136 valence electrons. The molecule has 26 heavy (non-hydrogen) atoms. The van der Waals surface area contributed by atoms with Crippen LogP contribution in [0.5, 0.6) is 0 Å². The number of nitrogens with zero attached hydrogens (tertiary/aromatic N) is 2. The van der Waals surface area contributed by atoms with Crippen LogP contribution in [0.1, 0.15) is 23.7 Å². The van der Waals surface area contributed by atoms with Crippen LogP contribution in [0.25, 0.3) is 10.9 Å². The van der Waals surface area contributed by atoms with Gasteiger partial charge in [-0.05, 0) is 25.1 Å². The monoisotopic (exact) mass is 357 g/mol. The fourth-order valence-corrected chi connectivity index (χ4v) is 3.44. The van der Waals surface area contributed by atoms with Crippen LogP contribution in [0.4, 0.5) is 0 Å². The molecule has 0 radical (unpaired) electrons. The van der Waals surface area contributed by atoms with Gasteiger partial charge < -0.3 is 29.6 Å². The number of aliphatic hydroxyl groups is 3. The van der Waals surface area contributed by atoms with Crippen LogP contribution in [-0.4, -0.2) is 48.2 Å². The molecule has 0 aromatic carbocycles. The maximum Gasteiger partial charge on any atom is 0.248 e. The smallest absolute Gasteiger partial charge is 0.248 e. The second-order valence-corrected chi connectivity index (χ2v) is 6.44. The number of aromatic amines is 1. The maximum atomic E-state index is 11.5. The van der Waals surface area contributed by atoms with Gasteiger partial charge in [-0.15, -0.1) is 0 Å². The second kappa shape index (κ2) is 6.33. The first-order valence-corrected chi connectivity index (χ1v) is 8.28. The number of ether oxygens (including phenoxy) is 1. The summed E-state index contributed by atoms with van der Waals surface area (Å²) < 4.78 is 7.51. The SMILES string of the molecule is Cc1nccc2c1ccn2C1OC(C(O)c2cccc(=O)[nH]2)C(O)C1O. The van der Waals surface area contributed by atoms with E-state index in [-0.39, 0.29) is 11.3 Å². The summed E-state index contributed by atoms with van der Waals surface area (Å²) in [7, 11) is 0. The van der Waals surface area contributed by atoms with E-state index in [1.165, 1.54) is 18.2 Å². The molecule has 1 aliphatic rings. The van der Waals surface area contributed by atoms with E-state index in [1.54, 1.807) is 23.0 Å². The van der Waals surface area contributed by atoms with Gasteiger partial charge in [0.25, 0.3) is 0 Å². The maximum absolute atomic E-state index is 11.5. The van der Waals surface area contributed by atoms with Crippen LogP contribution >= 0.6 is 0 Å². The third kappa shape index (κ3) is 2.63. The van der Waals surface area contributed by atoms with Crippen LogP contribution in [0.2, 0.25) is 0 Å². The van der Waals surface area contributed by atoms with Crippen molar-refractivity contribution in [2.45, 2.75) is 37.6 Å². The fraction of sp³-hybridized carbons (Fsp3) is 0.333. The van der Waals surface area contributed by atoms with Crippen molar-refractivity contribution in [3.63, 3.8) is 0 Å². The quantitative estimate of drug-likeness (QED) is 0.538. The Hall–Kier alpha value is -2.52. The Balaban J connectivity index is 1.67. The van der Waals surface area contributed by atoms with Crippen molar-refractivity contribution in [2.24, 2.45) is 0 Å². The Morgan fingerprint density at radius 2 is 2.04 bits per heavy atom. The van der Waals surface area contributed by atoms with E-state index in [1.807, 2.05) is 13.0 Å². The van der Waals surface area contributed by atoms with Crippen molar-refractivity contribution in [2.75, 3.05) is 0 Å². The lowest BCUT2D eigenvalue weighted by atomic mass is 10.0. The number of pyridine rings is 2. The average molecular weight is 357 g/mol. The van der Waals surface area contributed by atoms with Gasteiger partial charge in [0.2, 0.25) is 5.56 Å². The lowest BCUT2D eigenvalue weighted by Crippen LogP contribution is -2.35. The topological polar surface area (TPSA) is 121 Å². The molecule has 1 aliphatic heterocycles. The van der Waals surface area contributed by atoms with Gasteiger partial charge in [-0.1, -0.05) is 6.07 Å². The standard InChI is InChI=1S/C18H19N3O5/c1-9-10-6-8-21(12(10)5-7-19-9)18-16(25)15(24)17(26-18)14(23)11-3-2-4-13(22)20-11/h2-8,14-18,23-25H,1H3,(H,20,22).